The van der Waals surface area contributed by atoms with Gasteiger partial charge in [0.15, 0.2) is 0 Å². The van der Waals surface area contributed by atoms with Gasteiger partial charge in [-0.15, -0.1) is 0 Å². The van der Waals surface area contributed by atoms with Crippen LogP contribution in [0.5, 0.6) is 0 Å². The van der Waals surface area contributed by atoms with Gasteiger partial charge in [0.25, 0.3) is 5.91 Å². The number of hydrogen-bond acceptors (Lipinski definition) is 4. The molecule has 17 heavy (non-hydrogen) atoms. The molecule has 0 bridgehead atoms. The van der Waals surface area contributed by atoms with Crippen LogP contribution in [0.15, 0.2) is 18.3 Å². The van der Waals surface area contributed by atoms with Crippen LogP contribution in [0.4, 0.5) is 10.6 Å². The maximum atomic E-state index is 11.6. The fraction of sp³-hybridized carbons (Fsp3) is 0.300. The van der Waals surface area contributed by atoms with Gasteiger partial charge in [-0.3, -0.25) is 4.79 Å². The molecule has 0 atom stereocenters. The van der Waals surface area contributed by atoms with Crippen molar-refractivity contribution in [2.45, 2.75) is 0 Å². The molecule has 0 aromatic carbocycles. The normalized spacial score (nSPS) is 9.47. The van der Waals surface area contributed by atoms with Crippen molar-refractivity contribution in [1.29, 1.82) is 0 Å². The molecule has 7 nitrogen and oxygen atoms in total. The van der Waals surface area contributed by atoms with Crippen LogP contribution in [0.3, 0.4) is 0 Å². The molecule has 0 spiro atoms. The van der Waals surface area contributed by atoms with Crippen molar-refractivity contribution < 1.29 is 9.59 Å². The van der Waals surface area contributed by atoms with Crippen molar-refractivity contribution in [3.05, 3.63) is 23.9 Å². The molecule has 0 aliphatic rings. The Morgan fingerprint density at radius 3 is 2.53 bits per heavy atom. The first-order valence-corrected chi connectivity index (χ1v) is 5.09. The minimum absolute atomic E-state index is 0.244. The predicted octanol–water partition coefficient (Wildman–Crippen LogP) is -0.479. The number of nitrogens with one attached hydrogen (secondary N) is 3. The van der Waals surface area contributed by atoms with Gasteiger partial charge in [-0.2, -0.15) is 0 Å². The van der Waals surface area contributed by atoms with Gasteiger partial charge in [-0.1, -0.05) is 0 Å². The van der Waals surface area contributed by atoms with Gasteiger partial charge in [0.05, 0.1) is 5.56 Å². The van der Waals surface area contributed by atoms with Crippen LogP contribution in [0.1, 0.15) is 10.4 Å². The number of carbonyl (C=O) groups is 2. The average Bonchev–Trinajstić information content (AvgIpc) is 2.34. The monoisotopic (exact) mass is 237 g/mol. The molecule has 0 aliphatic carbocycles. The second-order valence-electron chi connectivity index (χ2n) is 3.23. The molecule has 7 heteroatoms. The Morgan fingerprint density at radius 2 is 2.00 bits per heavy atom. The fourth-order valence-electron chi connectivity index (χ4n) is 1.14. The molecule has 1 rings (SSSR count). The van der Waals surface area contributed by atoms with Crippen LogP contribution in [0, 0.1) is 0 Å². The summed E-state index contributed by atoms with van der Waals surface area (Å²) in [5.41, 5.74) is 5.33. The zero-order valence-electron chi connectivity index (χ0n) is 9.49. The van der Waals surface area contributed by atoms with Crippen LogP contribution in [0.25, 0.3) is 0 Å². The summed E-state index contributed by atoms with van der Waals surface area (Å²) in [4.78, 5) is 26.0. The van der Waals surface area contributed by atoms with Gasteiger partial charge in [0, 0.05) is 26.3 Å². The Morgan fingerprint density at radius 1 is 1.29 bits per heavy atom. The van der Waals surface area contributed by atoms with Crippen LogP contribution in [0.2, 0.25) is 0 Å². The second-order valence-corrected chi connectivity index (χ2v) is 3.23. The number of aromatic nitrogens is 1. The van der Waals surface area contributed by atoms with Crippen molar-refractivity contribution in [1.82, 2.24) is 15.6 Å². The van der Waals surface area contributed by atoms with E-state index in [1.807, 2.05) is 0 Å². The van der Waals surface area contributed by atoms with Gasteiger partial charge in [-0.05, 0) is 12.1 Å². The highest BCUT2D eigenvalue weighted by Crippen LogP contribution is 2.03. The second kappa shape index (κ2) is 6.31. The molecule has 3 amide bonds. The maximum absolute atomic E-state index is 11.6. The Labute approximate surface area is 98.8 Å². The number of hydrogen-bond donors (Lipinski definition) is 4. The molecule has 1 aromatic heterocycles. The van der Waals surface area contributed by atoms with E-state index in [-0.39, 0.29) is 5.91 Å². The maximum Gasteiger partial charge on any atom is 0.312 e. The van der Waals surface area contributed by atoms with Crippen molar-refractivity contribution in [3.8, 4) is 0 Å². The molecular weight excluding hydrogens is 222 g/mol. The van der Waals surface area contributed by atoms with Crippen LogP contribution < -0.4 is 21.7 Å². The van der Waals surface area contributed by atoms with Crippen LogP contribution in [-0.4, -0.2) is 37.1 Å². The Hall–Kier alpha value is -2.31. The number of nitrogens with zero attached hydrogens (tertiary/aromatic N) is 1. The molecule has 0 aliphatic heterocycles. The van der Waals surface area contributed by atoms with E-state index in [9.17, 15) is 9.59 Å². The molecule has 5 N–H and O–H groups in total. The highest BCUT2D eigenvalue weighted by molar-refractivity contribution is 5.94. The van der Waals surface area contributed by atoms with Gasteiger partial charge in [-0.25, -0.2) is 9.78 Å². The first kappa shape index (κ1) is 12.8. The lowest BCUT2D eigenvalue weighted by molar-refractivity contribution is 0.0953. The van der Waals surface area contributed by atoms with E-state index in [0.29, 0.717) is 24.5 Å². The molecule has 0 fully saturated rings. The minimum Gasteiger partial charge on any atom is -0.373 e. The summed E-state index contributed by atoms with van der Waals surface area (Å²) < 4.78 is 0. The summed E-state index contributed by atoms with van der Waals surface area (Å²) in [7, 11) is 1.75. The SMILES string of the molecule is CNc1ccc(C(=O)NCCNC(N)=O)cn1. The standard InChI is InChI=1S/C10H15N5O2/c1-12-8-3-2-7(6-15-8)9(16)13-4-5-14-10(11)17/h2-3,6H,4-5H2,1H3,(H,12,15)(H,13,16)(H3,11,14,17). The molecular formula is C10H15N5O2. The Bertz CT molecular complexity index is 390. The largest absolute Gasteiger partial charge is 0.373 e. The highest BCUT2D eigenvalue weighted by Gasteiger charge is 2.04. The van der Waals surface area contributed by atoms with Gasteiger partial charge in [0.1, 0.15) is 5.82 Å². The Kier molecular flexibility index (Phi) is 4.74. The van der Waals surface area contributed by atoms with E-state index in [2.05, 4.69) is 20.9 Å². The number of carbonyl (C=O) groups excluding carboxylic acids is 2. The smallest absolute Gasteiger partial charge is 0.312 e. The lowest BCUT2D eigenvalue weighted by Crippen LogP contribution is -2.37. The molecule has 0 saturated heterocycles. The van der Waals surface area contributed by atoms with Crippen LogP contribution in [-0.2, 0) is 0 Å². The van der Waals surface area contributed by atoms with E-state index in [4.69, 9.17) is 5.73 Å². The number of rotatable bonds is 5. The minimum atomic E-state index is -0.612. The summed E-state index contributed by atoms with van der Waals surface area (Å²) in [5.74, 6) is 0.448. The van der Waals surface area contributed by atoms with Crippen molar-refractivity contribution in [3.63, 3.8) is 0 Å². The molecule has 1 aromatic rings. The number of nitrogens with two attached hydrogens (primary N) is 1. The van der Waals surface area contributed by atoms with Gasteiger partial charge in [0.2, 0.25) is 0 Å². The fourth-order valence-corrected chi connectivity index (χ4v) is 1.14. The van der Waals surface area contributed by atoms with E-state index < -0.39 is 6.03 Å². The summed E-state index contributed by atoms with van der Waals surface area (Å²) in [6.07, 6.45) is 1.47. The summed E-state index contributed by atoms with van der Waals surface area (Å²) in [6, 6.07) is 2.76. The quantitative estimate of drug-likeness (QED) is 0.518. The van der Waals surface area contributed by atoms with E-state index in [1.54, 1.807) is 19.2 Å². The number of primary amides is 1. The number of pyridine rings is 1. The number of anilines is 1. The highest BCUT2D eigenvalue weighted by atomic mass is 16.2. The lowest BCUT2D eigenvalue weighted by atomic mass is 10.2. The summed E-state index contributed by atoms with van der Waals surface area (Å²) in [6.45, 7) is 0.610. The van der Waals surface area contributed by atoms with Crippen molar-refractivity contribution in [2.24, 2.45) is 5.73 Å². The topological polar surface area (TPSA) is 109 Å². The van der Waals surface area contributed by atoms with Crippen molar-refractivity contribution >= 4 is 17.8 Å². The Balaban J connectivity index is 2.38. The first-order chi connectivity index (χ1) is 8.13. The first-order valence-electron chi connectivity index (χ1n) is 5.09. The average molecular weight is 237 g/mol. The summed E-state index contributed by atoms with van der Waals surface area (Å²) in [5, 5.41) is 7.84. The van der Waals surface area contributed by atoms with Crippen molar-refractivity contribution in [2.75, 3.05) is 25.5 Å². The summed E-state index contributed by atoms with van der Waals surface area (Å²) >= 11 is 0. The molecule has 0 saturated carbocycles. The zero-order valence-corrected chi connectivity index (χ0v) is 9.49. The van der Waals surface area contributed by atoms with Crippen LogP contribution >= 0.6 is 0 Å². The zero-order chi connectivity index (χ0) is 12.7. The third-order valence-corrected chi connectivity index (χ3v) is 1.99. The predicted molar refractivity (Wildman–Crippen MR) is 63.7 cm³/mol. The molecule has 0 unspecified atom stereocenters. The number of urea groups is 1. The third-order valence-electron chi connectivity index (χ3n) is 1.99. The molecule has 0 radical (unpaired) electrons. The molecule has 1 heterocycles. The number of amides is 3. The van der Waals surface area contributed by atoms with E-state index in [0.717, 1.165) is 0 Å². The lowest BCUT2D eigenvalue weighted by Gasteiger charge is -2.05. The van der Waals surface area contributed by atoms with Gasteiger partial charge < -0.3 is 21.7 Å². The third kappa shape index (κ3) is 4.37. The van der Waals surface area contributed by atoms with E-state index in [1.165, 1.54) is 6.20 Å². The molecule has 92 valence electrons. The van der Waals surface area contributed by atoms with Gasteiger partial charge >= 0.3 is 6.03 Å². The van der Waals surface area contributed by atoms with E-state index >= 15 is 0 Å².